The Labute approximate surface area is 183 Å². The van der Waals surface area contributed by atoms with Crippen molar-refractivity contribution >= 4 is 34.7 Å². The van der Waals surface area contributed by atoms with Crippen LogP contribution in [0.4, 0.5) is 11.4 Å². The molecule has 0 bridgehead atoms. The number of thiocarbonyl (C=S) groups is 1. The van der Waals surface area contributed by atoms with Gasteiger partial charge in [0, 0.05) is 24.5 Å². The van der Waals surface area contributed by atoms with Crippen LogP contribution >= 0.6 is 12.2 Å². The third-order valence-corrected chi connectivity index (χ3v) is 5.33. The van der Waals surface area contributed by atoms with E-state index in [0.29, 0.717) is 17.3 Å². The summed E-state index contributed by atoms with van der Waals surface area (Å²) in [6.45, 7) is 9.56. The largest absolute Gasteiger partial charge is 0.462 e. The van der Waals surface area contributed by atoms with Gasteiger partial charge in [-0.2, -0.15) is 0 Å². The van der Waals surface area contributed by atoms with Crippen molar-refractivity contribution in [3.05, 3.63) is 59.2 Å². The maximum Gasteiger partial charge on any atom is 0.338 e. The van der Waals surface area contributed by atoms with Crippen molar-refractivity contribution in [1.82, 2.24) is 5.32 Å². The Kier molecular flexibility index (Phi) is 7.65. The summed E-state index contributed by atoms with van der Waals surface area (Å²) >= 11 is 5.50. The van der Waals surface area contributed by atoms with Gasteiger partial charge in [-0.15, -0.1) is 0 Å². The van der Waals surface area contributed by atoms with Crippen molar-refractivity contribution in [3.63, 3.8) is 0 Å². The molecule has 2 aromatic carbocycles. The van der Waals surface area contributed by atoms with E-state index in [1.54, 1.807) is 19.1 Å². The summed E-state index contributed by atoms with van der Waals surface area (Å²) in [5, 5.41) is 7.02. The lowest BCUT2D eigenvalue weighted by molar-refractivity contribution is 0.0526. The molecule has 2 aromatic rings. The number of carbonyl (C=O) groups excluding carboxylic acids is 1. The fourth-order valence-corrected chi connectivity index (χ4v) is 3.62. The number of carbonyl (C=O) groups is 1. The van der Waals surface area contributed by atoms with E-state index < -0.39 is 0 Å². The smallest absolute Gasteiger partial charge is 0.338 e. The third kappa shape index (κ3) is 5.70. The average Bonchev–Trinajstić information content (AvgIpc) is 2.76. The van der Waals surface area contributed by atoms with Gasteiger partial charge in [-0.3, -0.25) is 0 Å². The Morgan fingerprint density at radius 3 is 2.57 bits per heavy atom. The van der Waals surface area contributed by atoms with E-state index >= 15 is 0 Å². The van der Waals surface area contributed by atoms with Gasteiger partial charge in [0.2, 0.25) is 0 Å². The molecule has 6 nitrogen and oxygen atoms in total. The molecule has 0 radical (unpaired) electrons. The van der Waals surface area contributed by atoms with Crippen molar-refractivity contribution in [2.75, 3.05) is 43.1 Å². The van der Waals surface area contributed by atoms with Crippen LogP contribution < -0.4 is 15.5 Å². The van der Waals surface area contributed by atoms with Crippen LogP contribution in [0.5, 0.6) is 0 Å². The van der Waals surface area contributed by atoms with Crippen LogP contribution in [0.25, 0.3) is 0 Å². The minimum Gasteiger partial charge on any atom is -0.462 e. The first-order valence-corrected chi connectivity index (χ1v) is 10.7. The Hall–Kier alpha value is -2.64. The number of benzene rings is 2. The molecule has 0 amide bonds. The molecule has 1 saturated heterocycles. The highest BCUT2D eigenvalue weighted by Gasteiger charge is 2.14. The molecule has 0 saturated carbocycles. The second kappa shape index (κ2) is 10.4. The lowest BCUT2D eigenvalue weighted by atomic mass is 10.1. The van der Waals surface area contributed by atoms with Crippen LogP contribution in [0.15, 0.2) is 42.5 Å². The van der Waals surface area contributed by atoms with Crippen molar-refractivity contribution in [1.29, 1.82) is 0 Å². The zero-order valence-corrected chi connectivity index (χ0v) is 18.6. The lowest BCUT2D eigenvalue weighted by Crippen LogP contribution is -2.36. The average molecular weight is 428 g/mol. The number of ether oxygens (including phenoxy) is 2. The highest BCUT2D eigenvalue weighted by atomic mass is 32.1. The zero-order chi connectivity index (χ0) is 21.5. The maximum absolute atomic E-state index is 12.0. The fraction of sp³-hybridized carbons (Fsp3) is 0.391. The number of rotatable bonds is 6. The number of anilines is 2. The summed E-state index contributed by atoms with van der Waals surface area (Å²) < 4.78 is 10.5. The highest BCUT2D eigenvalue weighted by molar-refractivity contribution is 7.80. The van der Waals surface area contributed by atoms with E-state index in [1.807, 2.05) is 13.0 Å². The highest BCUT2D eigenvalue weighted by Crippen LogP contribution is 2.21. The van der Waals surface area contributed by atoms with Gasteiger partial charge in [-0.05, 0) is 68.4 Å². The first-order chi connectivity index (χ1) is 14.5. The monoisotopic (exact) mass is 427 g/mol. The van der Waals surface area contributed by atoms with E-state index in [0.717, 1.165) is 43.1 Å². The second-order valence-corrected chi connectivity index (χ2v) is 7.67. The van der Waals surface area contributed by atoms with E-state index in [-0.39, 0.29) is 12.0 Å². The molecule has 1 aliphatic rings. The van der Waals surface area contributed by atoms with Gasteiger partial charge >= 0.3 is 5.97 Å². The van der Waals surface area contributed by atoms with Gasteiger partial charge in [0.1, 0.15) is 0 Å². The van der Waals surface area contributed by atoms with Crippen LogP contribution in [-0.2, 0) is 9.47 Å². The third-order valence-electron chi connectivity index (χ3n) is 5.11. The first-order valence-electron chi connectivity index (χ1n) is 10.3. The fourth-order valence-electron chi connectivity index (χ4n) is 3.33. The van der Waals surface area contributed by atoms with Gasteiger partial charge < -0.3 is 25.0 Å². The van der Waals surface area contributed by atoms with Gasteiger partial charge in [-0.1, -0.05) is 18.2 Å². The predicted octanol–water partition coefficient (Wildman–Crippen LogP) is 4.06. The van der Waals surface area contributed by atoms with Crippen LogP contribution in [0.2, 0.25) is 0 Å². The van der Waals surface area contributed by atoms with Crippen molar-refractivity contribution in [2.24, 2.45) is 0 Å². The maximum atomic E-state index is 12.0. The summed E-state index contributed by atoms with van der Waals surface area (Å²) in [5.74, 6) is -0.340. The Balaban J connectivity index is 1.60. The standard InChI is InChI=1S/C23H29N3O3S/c1-4-29-22(27)19-6-5-16(2)21(15-19)25-23(30)24-17(3)18-7-9-20(10-8-18)26-11-13-28-14-12-26/h5-10,15,17H,4,11-14H2,1-3H3,(H2,24,25,30)/t17-/m1/s1. The molecule has 0 spiro atoms. The van der Waals surface area contributed by atoms with Crippen molar-refractivity contribution in [2.45, 2.75) is 26.8 Å². The van der Waals surface area contributed by atoms with Gasteiger partial charge in [-0.25, -0.2) is 4.79 Å². The Bertz CT molecular complexity index is 880. The second-order valence-electron chi connectivity index (χ2n) is 7.26. The van der Waals surface area contributed by atoms with Crippen LogP contribution in [0.1, 0.15) is 41.4 Å². The van der Waals surface area contributed by atoms with Gasteiger partial charge in [0.05, 0.1) is 31.4 Å². The number of morpholine rings is 1. The molecule has 3 rings (SSSR count). The molecule has 30 heavy (non-hydrogen) atoms. The molecule has 1 fully saturated rings. The molecular formula is C23H29N3O3S. The van der Waals surface area contributed by atoms with Crippen molar-refractivity contribution < 1.29 is 14.3 Å². The summed E-state index contributed by atoms with van der Waals surface area (Å²) in [6, 6.07) is 14.0. The predicted molar refractivity (Wildman–Crippen MR) is 124 cm³/mol. The molecule has 1 aliphatic heterocycles. The SMILES string of the molecule is CCOC(=O)c1ccc(C)c(NC(=S)N[C@H](C)c2ccc(N3CCOCC3)cc2)c1. The Morgan fingerprint density at radius 1 is 1.20 bits per heavy atom. The molecule has 160 valence electrons. The van der Waals surface area contributed by atoms with E-state index in [9.17, 15) is 4.79 Å². The molecule has 2 N–H and O–H groups in total. The number of aryl methyl sites for hydroxylation is 1. The van der Waals surface area contributed by atoms with Crippen molar-refractivity contribution in [3.8, 4) is 0 Å². The van der Waals surface area contributed by atoms with E-state index in [4.69, 9.17) is 21.7 Å². The minimum absolute atomic E-state index is 0.0392. The topological polar surface area (TPSA) is 62.8 Å². The number of hydrogen-bond acceptors (Lipinski definition) is 5. The van der Waals surface area contributed by atoms with Crippen LogP contribution in [0, 0.1) is 6.92 Å². The summed E-state index contributed by atoms with van der Waals surface area (Å²) in [6.07, 6.45) is 0. The van der Waals surface area contributed by atoms with Crippen LogP contribution in [0.3, 0.4) is 0 Å². The summed E-state index contributed by atoms with van der Waals surface area (Å²) in [7, 11) is 0. The number of nitrogens with one attached hydrogen (secondary N) is 2. The summed E-state index contributed by atoms with van der Waals surface area (Å²) in [4.78, 5) is 14.3. The zero-order valence-electron chi connectivity index (χ0n) is 17.7. The summed E-state index contributed by atoms with van der Waals surface area (Å²) in [5.41, 5.74) is 4.64. The normalized spacial score (nSPS) is 14.7. The molecule has 0 aromatic heterocycles. The quantitative estimate of drug-likeness (QED) is 0.532. The molecule has 7 heteroatoms. The Morgan fingerprint density at radius 2 is 1.90 bits per heavy atom. The first kappa shape index (κ1) is 22.1. The number of hydrogen-bond donors (Lipinski definition) is 2. The molecule has 1 atom stereocenters. The molecule has 0 unspecified atom stereocenters. The van der Waals surface area contributed by atoms with E-state index in [1.165, 1.54) is 5.69 Å². The minimum atomic E-state index is -0.340. The van der Waals surface area contributed by atoms with Gasteiger partial charge in [0.25, 0.3) is 0 Å². The number of esters is 1. The number of nitrogens with zero attached hydrogens (tertiary/aromatic N) is 1. The molecule has 1 heterocycles. The van der Waals surface area contributed by atoms with Gasteiger partial charge in [0.15, 0.2) is 5.11 Å². The molecular weight excluding hydrogens is 398 g/mol. The molecule has 0 aliphatic carbocycles. The lowest BCUT2D eigenvalue weighted by Gasteiger charge is -2.29. The van der Waals surface area contributed by atoms with Crippen LogP contribution in [-0.4, -0.2) is 44.0 Å². The van der Waals surface area contributed by atoms with E-state index in [2.05, 4.69) is 46.7 Å².